The quantitative estimate of drug-likeness (QED) is 0.164. The summed E-state index contributed by atoms with van der Waals surface area (Å²) in [7, 11) is 0. The van der Waals surface area contributed by atoms with Crippen LogP contribution in [0.3, 0.4) is 0 Å². The summed E-state index contributed by atoms with van der Waals surface area (Å²) in [6.07, 6.45) is -0.543. The van der Waals surface area contributed by atoms with Gasteiger partial charge in [0, 0.05) is 16.7 Å². The van der Waals surface area contributed by atoms with Gasteiger partial charge in [-0.05, 0) is 30.2 Å². The molecule has 1 fully saturated rings. The Morgan fingerprint density at radius 3 is 2.52 bits per heavy atom. The first-order valence-corrected chi connectivity index (χ1v) is 10.4. The van der Waals surface area contributed by atoms with E-state index in [4.69, 9.17) is 9.84 Å². The zero-order chi connectivity index (χ0) is 23.0. The fourth-order valence-corrected chi connectivity index (χ4v) is 3.20. The molecular formula is C19H26BrN5O6. The van der Waals surface area contributed by atoms with E-state index >= 15 is 0 Å². The molecule has 1 aliphatic rings. The number of carboxylic acids is 1. The molecule has 4 amide bonds. The molecule has 11 nitrogen and oxygen atoms in total. The summed E-state index contributed by atoms with van der Waals surface area (Å²) in [6, 6.07) is 6.77. The first-order chi connectivity index (χ1) is 14.7. The molecule has 5 N–H and O–H groups in total. The van der Waals surface area contributed by atoms with Crippen LogP contribution in [0.5, 0.6) is 0 Å². The summed E-state index contributed by atoms with van der Waals surface area (Å²) in [5.74, 6) is -2.57. The number of nitrogens with one attached hydrogen (secondary N) is 4. The summed E-state index contributed by atoms with van der Waals surface area (Å²) >= 11 is 3.35. The lowest BCUT2D eigenvalue weighted by atomic mass is 9.83. The number of rotatable bonds is 12. The van der Waals surface area contributed by atoms with Crippen LogP contribution < -0.4 is 21.4 Å². The zero-order valence-corrected chi connectivity index (χ0v) is 18.8. The van der Waals surface area contributed by atoms with Gasteiger partial charge in [-0.15, -0.1) is 0 Å². The molecule has 1 aliphatic heterocycles. The van der Waals surface area contributed by atoms with Gasteiger partial charge in [-0.1, -0.05) is 29.8 Å². The smallest absolute Gasteiger partial charge is 0.339 e. The Kier molecular flexibility index (Phi) is 8.77. The maximum atomic E-state index is 12.9. The SMILES string of the molecule is CC(C)C1(CC(=O)NCCC(=O)O)NC(=O)N(NCOCNc2ccc(Br)cc2)C1=O. The van der Waals surface area contributed by atoms with Gasteiger partial charge >= 0.3 is 12.0 Å². The Hall–Kier alpha value is -2.70. The number of carboxylic acid groups (broad SMARTS) is 1. The maximum Gasteiger partial charge on any atom is 0.339 e. The molecule has 0 aromatic heterocycles. The van der Waals surface area contributed by atoms with Gasteiger partial charge < -0.3 is 25.8 Å². The van der Waals surface area contributed by atoms with Crippen LogP contribution in [0.15, 0.2) is 28.7 Å². The van der Waals surface area contributed by atoms with Gasteiger partial charge in [-0.2, -0.15) is 10.4 Å². The second-order valence-electron chi connectivity index (χ2n) is 7.20. The Morgan fingerprint density at radius 2 is 1.90 bits per heavy atom. The van der Waals surface area contributed by atoms with Gasteiger partial charge in [0.2, 0.25) is 5.91 Å². The van der Waals surface area contributed by atoms with Gasteiger partial charge in [0.1, 0.15) is 19.0 Å². The van der Waals surface area contributed by atoms with E-state index < -0.39 is 29.4 Å². The second kappa shape index (κ2) is 11.1. The van der Waals surface area contributed by atoms with E-state index in [1.165, 1.54) is 0 Å². The third-order valence-corrected chi connectivity index (χ3v) is 5.28. The van der Waals surface area contributed by atoms with Gasteiger partial charge in [0.05, 0.1) is 12.8 Å². The predicted molar refractivity (Wildman–Crippen MR) is 115 cm³/mol. The molecule has 1 unspecified atom stereocenters. The van der Waals surface area contributed by atoms with Crippen LogP contribution in [0.2, 0.25) is 0 Å². The van der Waals surface area contributed by atoms with E-state index in [0.29, 0.717) is 0 Å². The average molecular weight is 500 g/mol. The molecular weight excluding hydrogens is 474 g/mol. The van der Waals surface area contributed by atoms with Crippen molar-refractivity contribution in [3.05, 3.63) is 28.7 Å². The van der Waals surface area contributed by atoms with Gasteiger partial charge in [0.15, 0.2) is 0 Å². The van der Waals surface area contributed by atoms with Gasteiger partial charge in [0.25, 0.3) is 5.91 Å². The van der Waals surface area contributed by atoms with Gasteiger partial charge in [-0.3, -0.25) is 14.4 Å². The molecule has 0 radical (unpaired) electrons. The molecule has 1 atom stereocenters. The van der Waals surface area contributed by atoms with Crippen molar-refractivity contribution in [3.8, 4) is 0 Å². The van der Waals surface area contributed by atoms with Crippen molar-refractivity contribution in [2.24, 2.45) is 5.92 Å². The van der Waals surface area contributed by atoms with E-state index in [1.807, 2.05) is 24.3 Å². The van der Waals surface area contributed by atoms with Crippen LogP contribution in [-0.4, -0.2) is 59.5 Å². The summed E-state index contributed by atoms with van der Waals surface area (Å²) in [5.41, 5.74) is 2.01. The zero-order valence-electron chi connectivity index (χ0n) is 17.2. The van der Waals surface area contributed by atoms with E-state index in [0.717, 1.165) is 15.2 Å². The molecule has 1 aromatic carbocycles. The summed E-state index contributed by atoms with van der Waals surface area (Å²) in [6.45, 7) is 3.38. The maximum absolute atomic E-state index is 12.9. The average Bonchev–Trinajstić information content (AvgIpc) is 2.93. The molecule has 1 aromatic rings. The number of ether oxygens (including phenoxy) is 1. The normalized spacial score (nSPS) is 18.3. The van der Waals surface area contributed by atoms with Crippen molar-refractivity contribution in [3.63, 3.8) is 0 Å². The number of hydrogen-bond donors (Lipinski definition) is 5. The molecule has 0 aliphatic carbocycles. The van der Waals surface area contributed by atoms with E-state index in [9.17, 15) is 19.2 Å². The lowest BCUT2D eigenvalue weighted by Crippen LogP contribution is -2.55. The van der Waals surface area contributed by atoms with E-state index in [1.54, 1.807) is 13.8 Å². The van der Waals surface area contributed by atoms with Crippen LogP contribution in [0.4, 0.5) is 10.5 Å². The minimum atomic E-state index is -1.44. The second-order valence-corrected chi connectivity index (χ2v) is 8.12. The molecule has 1 heterocycles. The molecule has 0 bridgehead atoms. The molecule has 31 heavy (non-hydrogen) atoms. The highest BCUT2D eigenvalue weighted by molar-refractivity contribution is 9.10. The standard InChI is InChI=1S/C19H26BrN5O6/c1-12(2)19(9-15(26)21-8-7-16(27)28)17(29)25(18(30)24-19)23-11-31-10-22-14-5-3-13(20)4-6-14/h3-6,12,22-23H,7-11H2,1-2H3,(H,21,26)(H,24,30)(H,27,28). The van der Waals surface area contributed by atoms with Crippen molar-refractivity contribution in [1.29, 1.82) is 0 Å². The molecule has 0 saturated carbocycles. The Bertz CT molecular complexity index is 819. The fourth-order valence-electron chi connectivity index (χ4n) is 2.94. The van der Waals surface area contributed by atoms with E-state index in [2.05, 4.69) is 37.3 Å². The van der Waals surface area contributed by atoms with Crippen LogP contribution in [0, 0.1) is 5.92 Å². The summed E-state index contributed by atoms with van der Waals surface area (Å²) < 4.78 is 6.32. The van der Waals surface area contributed by atoms with Crippen molar-refractivity contribution >= 4 is 45.4 Å². The third-order valence-electron chi connectivity index (χ3n) is 4.75. The molecule has 12 heteroatoms. The van der Waals surface area contributed by atoms with Crippen LogP contribution in [0.25, 0.3) is 0 Å². The number of imide groups is 1. The number of nitrogens with zero attached hydrogens (tertiary/aromatic N) is 1. The number of hydrogen-bond acceptors (Lipinski definition) is 7. The van der Waals surface area contributed by atoms with E-state index in [-0.39, 0.29) is 38.8 Å². The predicted octanol–water partition coefficient (Wildman–Crippen LogP) is 1.22. The number of amides is 4. The number of halogens is 1. The van der Waals surface area contributed by atoms with Crippen molar-refractivity contribution in [2.75, 3.05) is 25.3 Å². The van der Waals surface area contributed by atoms with Crippen molar-refractivity contribution < 1.29 is 29.0 Å². The van der Waals surface area contributed by atoms with Crippen molar-refractivity contribution in [1.82, 2.24) is 21.1 Å². The number of anilines is 1. The largest absolute Gasteiger partial charge is 0.481 e. The Balaban J connectivity index is 1.86. The first-order valence-electron chi connectivity index (χ1n) is 9.61. The van der Waals surface area contributed by atoms with Crippen LogP contribution in [0.1, 0.15) is 26.7 Å². The molecule has 1 saturated heterocycles. The van der Waals surface area contributed by atoms with Crippen LogP contribution >= 0.6 is 15.9 Å². The topological polar surface area (TPSA) is 149 Å². The summed E-state index contributed by atoms with van der Waals surface area (Å²) in [5, 5.41) is 17.5. The summed E-state index contributed by atoms with van der Waals surface area (Å²) in [4.78, 5) is 48.1. The number of hydrazine groups is 1. The first kappa shape index (κ1) is 24.6. The monoisotopic (exact) mass is 499 g/mol. The highest BCUT2D eigenvalue weighted by atomic mass is 79.9. The van der Waals surface area contributed by atoms with Crippen LogP contribution in [-0.2, 0) is 19.1 Å². The fraction of sp³-hybridized carbons (Fsp3) is 0.474. The number of urea groups is 1. The molecule has 2 rings (SSSR count). The third kappa shape index (κ3) is 6.64. The van der Waals surface area contributed by atoms with Crippen molar-refractivity contribution in [2.45, 2.75) is 32.2 Å². The van der Waals surface area contributed by atoms with Gasteiger partial charge in [-0.25, -0.2) is 4.79 Å². The highest BCUT2D eigenvalue weighted by Gasteiger charge is 2.54. The minimum Gasteiger partial charge on any atom is -0.481 e. The number of carbonyl (C=O) groups excluding carboxylic acids is 3. The number of carbonyl (C=O) groups is 4. The number of benzene rings is 1. The minimum absolute atomic E-state index is 0.0638. The highest BCUT2D eigenvalue weighted by Crippen LogP contribution is 2.28. The molecule has 0 spiro atoms. The lowest BCUT2D eigenvalue weighted by Gasteiger charge is -2.30. The number of aliphatic carboxylic acids is 1. The Morgan fingerprint density at radius 1 is 1.23 bits per heavy atom. The lowest BCUT2D eigenvalue weighted by molar-refractivity contribution is -0.140. The molecule has 170 valence electrons. The Labute approximate surface area is 188 Å².